The number of halogens is 3. The second-order valence-electron chi connectivity index (χ2n) is 7.57. The van der Waals surface area contributed by atoms with E-state index in [1.807, 2.05) is 4.72 Å². The smallest absolute Gasteiger partial charge is 0.348 e. The minimum Gasteiger partial charge on any atom is -0.348 e. The van der Waals surface area contributed by atoms with Crippen molar-refractivity contribution in [2.45, 2.75) is 31.5 Å². The highest BCUT2D eigenvalue weighted by atomic mass is 32.2. The summed E-state index contributed by atoms with van der Waals surface area (Å²) in [6.07, 6.45) is -4.60. The number of rotatable bonds is 6. The summed E-state index contributed by atoms with van der Waals surface area (Å²) in [5.41, 5.74) is -1.20. The summed E-state index contributed by atoms with van der Waals surface area (Å²) >= 11 is 0. The van der Waals surface area contributed by atoms with E-state index in [1.54, 1.807) is 0 Å². The molecular weight excluding hydrogens is 487 g/mol. The fourth-order valence-corrected chi connectivity index (χ4v) is 4.25. The molecule has 0 unspecified atom stereocenters. The first-order valence-electron chi connectivity index (χ1n) is 10.1. The zero-order valence-corrected chi connectivity index (χ0v) is 19.3. The van der Waals surface area contributed by atoms with Gasteiger partial charge in [-0.15, -0.1) is 0 Å². The number of nitrogens with zero attached hydrogens (tertiary/aromatic N) is 1. The molecule has 0 saturated carbocycles. The average Bonchev–Trinajstić information content (AvgIpc) is 2.77. The third kappa shape index (κ3) is 5.96. The maximum Gasteiger partial charge on any atom is 0.416 e. The number of aromatic nitrogens is 1. The van der Waals surface area contributed by atoms with Crippen LogP contribution < -0.4 is 15.6 Å². The number of benzene rings is 2. The summed E-state index contributed by atoms with van der Waals surface area (Å²) in [4.78, 5) is 36.5. The largest absolute Gasteiger partial charge is 0.416 e. The first kappa shape index (κ1) is 25.7. The molecule has 0 atom stereocenters. The van der Waals surface area contributed by atoms with Crippen LogP contribution in [-0.4, -0.2) is 24.8 Å². The number of aryl methyl sites for hydroxylation is 1. The van der Waals surface area contributed by atoms with Gasteiger partial charge in [0.15, 0.2) is 0 Å². The maximum atomic E-state index is 13.1. The van der Waals surface area contributed by atoms with Crippen molar-refractivity contribution in [2.24, 2.45) is 0 Å². The highest BCUT2D eigenvalue weighted by Crippen LogP contribution is 2.30. The van der Waals surface area contributed by atoms with E-state index in [0.29, 0.717) is 11.3 Å². The van der Waals surface area contributed by atoms with E-state index in [2.05, 4.69) is 5.32 Å². The molecule has 1 heterocycles. The molecule has 8 nitrogen and oxygen atoms in total. The fourth-order valence-electron chi connectivity index (χ4n) is 3.26. The molecule has 3 aromatic rings. The van der Waals surface area contributed by atoms with E-state index < -0.39 is 39.1 Å². The minimum atomic E-state index is -4.60. The van der Waals surface area contributed by atoms with Crippen LogP contribution in [0.3, 0.4) is 0 Å². The van der Waals surface area contributed by atoms with E-state index >= 15 is 0 Å². The zero-order chi connectivity index (χ0) is 26.0. The highest BCUT2D eigenvalue weighted by molar-refractivity contribution is 7.90. The van der Waals surface area contributed by atoms with E-state index in [0.717, 1.165) is 23.6 Å². The average molecular weight is 507 g/mol. The van der Waals surface area contributed by atoms with Gasteiger partial charge < -0.3 is 5.32 Å². The number of pyridine rings is 1. The van der Waals surface area contributed by atoms with E-state index in [1.165, 1.54) is 55.5 Å². The molecule has 0 fully saturated rings. The maximum absolute atomic E-state index is 13.1. The van der Waals surface area contributed by atoms with Crippen molar-refractivity contribution in [2.75, 3.05) is 0 Å². The molecule has 0 spiro atoms. The monoisotopic (exact) mass is 507 g/mol. The van der Waals surface area contributed by atoms with Gasteiger partial charge in [-0.3, -0.25) is 19.0 Å². The second-order valence-corrected chi connectivity index (χ2v) is 9.25. The highest BCUT2D eigenvalue weighted by Gasteiger charge is 2.30. The van der Waals surface area contributed by atoms with Crippen molar-refractivity contribution in [1.82, 2.24) is 14.6 Å². The van der Waals surface area contributed by atoms with Crippen LogP contribution in [0.15, 0.2) is 70.4 Å². The van der Waals surface area contributed by atoms with Crippen molar-refractivity contribution < 1.29 is 31.2 Å². The summed E-state index contributed by atoms with van der Waals surface area (Å²) in [5, 5.41) is 2.53. The Kier molecular flexibility index (Phi) is 7.15. The first-order chi connectivity index (χ1) is 16.3. The van der Waals surface area contributed by atoms with Gasteiger partial charge in [-0.25, -0.2) is 13.1 Å². The van der Waals surface area contributed by atoms with Gasteiger partial charge in [-0.1, -0.05) is 18.2 Å². The van der Waals surface area contributed by atoms with Crippen LogP contribution in [0.5, 0.6) is 0 Å². The normalized spacial score (nSPS) is 11.7. The lowest BCUT2D eigenvalue weighted by Gasteiger charge is -2.14. The topological polar surface area (TPSA) is 114 Å². The summed E-state index contributed by atoms with van der Waals surface area (Å²) in [7, 11) is -4.01. The number of amides is 2. The lowest BCUT2D eigenvalue weighted by atomic mass is 10.1. The predicted octanol–water partition coefficient (Wildman–Crippen LogP) is 2.92. The third-order valence-corrected chi connectivity index (χ3v) is 6.37. The summed E-state index contributed by atoms with van der Waals surface area (Å²) in [6.45, 7) is 2.53. The molecule has 0 radical (unpaired) electrons. The Morgan fingerprint density at radius 2 is 1.66 bits per heavy atom. The molecule has 0 saturated heterocycles. The van der Waals surface area contributed by atoms with Gasteiger partial charge in [0.05, 0.1) is 10.5 Å². The molecule has 0 aliphatic carbocycles. The standard InChI is InChI=1S/C23H20F3N3O5S/c1-14-6-11-20(22(32)29(14)18-5-3-4-17(12-18)23(24,25)26)21(31)27-13-16-7-9-19(10-8-16)35(33,34)28-15(2)30/h3-12H,13H2,1-2H3,(H,27,31)(H,28,30). The molecule has 184 valence electrons. The number of alkyl halides is 3. The third-order valence-electron chi connectivity index (χ3n) is 4.92. The molecule has 0 bridgehead atoms. The molecule has 2 aromatic carbocycles. The van der Waals surface area contributed by atoms with Gasteiger partial charge in [-0.2, -0.15) is 13.2 Å². The van der Waals surface area contributed by atoms with Gasteiger partial charge >= 0.3 is 6.18 Å². The van der Waals surface area contributed by atoms with Gasteiger partial charge in [-0.05, 0) is 55.0 Å². The molecule has 0 aliphatic rings. The number of hydrogen-bond acceptors (Lipinski definition) is 5. The molecule has 1 aromatic heterocycles. The van der Waals surface area contributed by atoms with Crippen molar-refractivity contribution >= 4 is 21.8 Å². The molecule has 0 aliphatic heterocycles. The Morgan fingerprint density at radius 3 is 2.26 bits per heavy atom. The van der Waals surface area contributed by atoms with Crippen molar-refractivity contribution in [3.63, 3.8) is 0 Å². The van der Waals surface area contributed by atoms with Crippen molar-refractivity contribution in [3.05, 3.63) is 93.4 Å². The van der Waals surface area contributed by atoms with Crippen LogP contribution in [0.25, 0.3) is 5.69 Å². The summed E-state index contributed by atoms with van der Waals surface area (Å²) in [6, 6.07) is 12.3. The van der Waals surface area contributed by atoms with Crippen LogP contribution in [-0.2, 0) is 27.5 Å². The summed E-state index contributed by atoms with van der Waals surface area (Å²) in [5.74, 6) is -1.50. The second kappa shape index (κ2) is 9.74. The Hall–Kier alpha value is -3.93. The Morgan fingerprint density at radius 1 is 1.00 bits per heavy atom. The molecule has 2 N–H and O–H groups in total. The SMILES string of the molecule is CC(=O)NS(=O)(=O)c1ccc(CNC(=O)c2ccc(C)n(-c3cccc(C(F)(F)F)c3)c2=O)cc1. The number of carbonyl (C=O) groups excluding carboxylic acids is 2. The molecule has 3 rings (SSSR count). The molecule has 2 amide bonds. The van der Waals surface area contributed by atoms with E-state index in [9.17, 15) is 36.0 Å². The molecule has 35 heavy (non-hydrogen) atoms. The lowest BCUT2D eigenvalue weighted by Crippen LogP contribution is -2.33. The number of nitrogens with one attached hydrogen (secondary N) is 2. The van der Waals surface area contributed by atoms with Gasteiger partial charge in [0.25, 0.3) is 21.5 Å². The Balaban J connectivity index is 1.82. The van der Waals surface area contributed by atoms with Gasteiger partial charge in [0.2, 0.25) is 5.91 Å². The minimum absolute atomic E-state index is 0.0343. The number of hydrogen-bond donors (Lipinski definition) is 2. The molecule has 12 heteroatoms. The van der Waals surface area contributed by atoms with Crippen molar-refractivity contribution in [1.29, 1.82) is 0 Å². The summed E-state index contributed by atoms with van der Waals surface area (Å²) < 4.78 is 66.1. The Labute approximate surface area is 198 Å². The zero-order valence-electron chi connectivity index (χ0n) is 18.5. The first-order valence-corrected chi connectivity index (χ1v) is 11.6. The van der Waals surface area contributed by atoms with Crippen LogP contribution in [0.1, 0.15) is 34.1 Å². The van der Waals surface area contributed by atoms with Gasteiger partial charge in [0, 0.05) is 24.8 Å². The number of sulfonamides is 1. The van der Waals surface area contributed by atoms with E-state index in [4.69, 9.17) is 0 Å². The molecular formula is C23H20F3N3O5S. The fraction of sp³-hybridized carbons (Fsp3) is 0.174. The van der Waals surface area contributed by atoms with Crippen LogP contribution in [0.4, 0.5) is 13.2 Å². The van der Waals surface area contributed by atoms with Crippen LogP contribution in [0.2, 0.25) is 0 Å². The van der Waals surface area contributed by atoms with E-state index in [-0.39, 0.29) is 22.7 Å². The predicted molar refractivity (Wildman–Crippen MR) is 120 cm³/mol. The van der Waals surface area contributed by atoms with Crippen LogP contribution in [0, 0.1) is 6.92 Å². The van der Waals surface area contributed by atoms with Gasteiger partial charge in [0.1, 0.15) is 5.56 Å². The number of carbonyl (C=O) groups is 2. The lowest BCUT2D eigenvalue weighted by molar-refractivity contribution is -0.137. The van der Waals surface area contributed by atoms with Crippen molar-refractivity contribution in [3.8, 4) is 5.69 Å². The quantitative estimate of drug-likeness (QED) is 0.533. The Bertz CT molecular complexity index is 1450. The van der Waals surface area contributed by atoms with Crippen LogP contribution >= 0.6 is 0 Å².